The molecule has 0 radical (unpaired) electrons. The first-order chi connectivity index (χ1) is 14.5. The van der Waals surface area contributed by atoms with E-state index in [4.69, 9.17) is 21.3 Å². The Kier molecular flexibility index (Phi) is 6.32. The summed E-state index contributed by atoms with van der Waals surface area (Å²) in [4.78, 5) is 23.8. The molecule has 1 saturated heterocycles. The zero-order chi connectivity index (χ0) is 21.3. The molecular formula is C22H22ClN3O2S2. The van der Waals surface area contributed by atoms with Crippen LogP contribution < -0.4 is 9.64 Å². The third-order valence-corrected chi connectivity index (χ3v) is 7.57. The van der Waals surface area contributed by atoms with Crippen molar-refractivity contribution in [2.24, 2.45) is 4.99 Å². The Morgan fingerprint density at radius 2 is 1.90 bits per heavy atom. The topological polar surface area (TPSA) is 45.1 Å². The third-order valence-electron chi connectivity index (χ3n) is 4.88. The van der Waals surface area contributed by atoms with E-state index in [1.807, 2.05) is 49.5 Å². The predicted octanol–water partition coefficient (Wildman–Crippen LogP) is 6.12. The normalized spacial score (nSPS) is 19.7. The predicted molar refractivity (Wildman–Crippen MR) is 127 cm³/mol. The number of hydrogen-bond donors (Lipinski definition) is 0. The Morgan fingerprint density at radius 1 is 1.13 bits per heavy atom. The number of anilines is 1. The second-order valence-corrected chi connectivity index (χ2v) is 9.36. The number of methoxy groups -OCH3 is 1. The maximum Gasteiger partial charge on any atom is 0.269 e. The van der Waals surface area contributed by atoms with Gasteiger partial charge in [0.25, 0.3) is 5.91 Å². The Balaban J connectivity index is 1.70. The number of unbranched alkanes of at least 4 members (excludes halogenated alkanes) is 1. The lowest BCUT2D eigenvalue weighted by Crippen LogP contribution is -2.30. The summed E-state index contributed by atoms with van der Waals surface area (Å²) in [5.74, 6) is 0.808. The van der Waals surface area contributed by atoms with Gasteiger partial charge in [-0.05, 0) is 54.6 Å². The van der Waals surface area contributed by atoms with Crippen LogP contribution in [0.15, 0.2) is 62.3 Å². The summed E-state index contributed by atoms with van der Waals surface area (Å²) in [5.41, 5.74) is 1.82. The molecule has 2 aromatic rings. The summed E-state index contributed by atoms with van der Waals surface area (Å²) < 4.78 is 5.36. The molecule has 0 spiro atoms. The number of nitrogens with zero attached hydrogens (tertiary/aromatic N) is 3. The van der Waals surface area contributed by atoms with E-state index in [2.05, 4.69) is 11.8 Å². The number of aliphatic imine (C=N–C) groups is 1. The summed E-state index contributed by atoms with van der Waals surface area (Å²) in [6, 6.07) is 13.3. The minimum absolute atomic E-state index is 0.00952. The van der Waals surface area contributed by atoms with Crippen LogP contribution >= 0.6 is 35.1 Å². The zero-order valence-electron chi connectivity index (χ0n) is 17.0. The van der Waals surface area contributed by atoms with Crippen molar-refractivity contribution in [2.75, 3.05) is 25.6 Å². The first-order valence-corrected chi connectivity index (χ1v) is 11.7. The van der Waals surface area contributed by atoms with Crippen molar-refractivity contribution in [3.05, 3.63) is 57.4 Å². The molecule has 0 unspecified atom stereocenters. The number of ether oxygens (including phenoxy) is 1. The van der Waals surface area contributed by atoms with Gasteiger partial charge in [-0.25, -0.2) is 4.99 Å². The fourth-order valence-electron chi connectivity index (χ4n) is 3.21. The van der Waals surface area contributed by atoms with Gasteiger partial charge in [0, 0.05) is 29.6 Å². The van der Waals surface area contributed by atoms with Crippen molar-refractivity contribution < 1.29 is 9.53 Å². The second kappa shape index (κ2) is 8.96. The number of carbonyl (C=O) groups excluding carboxylic acids is 1. The highest BCUT2D eigenvalue weighted by Gasteiger charge is 2.39. The van der Waals surface area contributed by atoms with E-state index in [1.54, 1.807) is 23.8 Å². The molecule has 0 saturated carbocycles. The molecule has 0 atom stereocenters. The lowest BCUT2D eigenvalue weighted by atomic mass is 10.3. The van der Waals surface area contributed by atoms with Gasteiger partial charge >= 0.3 is 0 Å². The van der Waals surface area contributed by atoms with E-state index in [1.165, 1.54) is 11.8 Å². The lowest BCUT2D eigenvalue weighted by Gasteiger charge is -2.16. The number of rotatable bonds is 5. The minimum atomic E-state index is 0.00952. The summed E-state index contributed by atoms with van der Waals surface area (Å²) >= 11 is 9.04. The summed E-state index contributed by atoms with van der Waals surface area (Å²) in [5, 5.41) is 2.30. The van der Waals surface area contributed by atoms with Crippen molar-refractivity contribution in [1.29, 1.82) is 0 Å². The van der Waals surface area contributed by atoms with E-state index in [0.717, 1.165) is 39.9 Å². The molecule has 1 fully saturated rings. The molecule has 0 aliphatic carbocycles. The van der Waals surface area contributed by atoms with Crippen molar-refractivity contribution in [1.82, 2.24) is 4.90 Å². The Labute approximate surface area is 190 Å². The molecule has 8 heteroatoms. The van der Waals surface area contributed by atoms with E-state index < -0.39 is 0 Å². The van der Waals surface area contributed by atoms with Gasteiger partial charge in [0.05, 0.1) is 23.5 Å². The largest absolute Gasteiger partial charge is 0.497 e. The molecule has 0 aromatic heterocycles. The second-order valence-electron chi connectivity index (χ2n) is 6.91. The molecule has 156 valence electrons. The molecule has 0 bridgehead atoms. The van der Waals surface area contributed by atoms with Gasteiger partial charge in [-0.15, -0.1) is 0 Å². The molecular weight excluding hydrogens is 438 g/mol. The van der Waals surface area contributed by atoms with Gasteiger partial charge in [-0.2, -0.15) is 0 Å². The summed E-state index contributed by atoms with van der Waals surface area (Å²) in [6.45, 7) is 2.77. The average Bonchev–Trinajstić information content (AvgIpc) is 3.24. The van der Waals surface area contributed by atoms with Crippen molar-refractivity contribution >= 4 is 57.6 Å². The number of amides is 1. The zero-order valence-corrected chi connectivity index (χ0v) is 19.4. The minimum Gasteiger partial charge on any atom is -0.497 e. The standard InChI is InChI=1S/C22H22ClN3O2S2/c1-4-5-12-26-20(27)19(30-22(26)24-15-8-6-14(23)7-9-15)21-25(2)17-13-16(28-3)10-11-18(17)29-21/h6-11,13H,4-5,12H2,1-3H3. The maximum atomic E-state index is 13.4. The highest BCUT2D eigenvalue weighted by atomic mass is 35.5. The molecule has 2 aliphatic heterocycles. The van der Waals surface area contributed by atoms with E-state index >= 15 is 0 Å². The molecule has 1 amide bonds. The fraction of sp³-hybridized carbons (Fsp3) is 0.273. The highest BCUT2D eigenvalue weighted by Crippen LogP contribution is 2.51. The average molecular weight is 460 g/mol. The molecule has 30 heavy (non-hydrogen) atoms. The van der Waals surface area contributed by atoms with Crippen LogP contribution in [0.5, 0.6) is 5.75 Å². The third kappa shape index (κ3) is 4.06. The first-order valence-electron chi connectivity index (χ1n) is 9.69. The van der Waals surface area contributed by atoms with Gasteiger partial charge in [0.15, 0.2) is 5.17 Å². The first kappa shape index (κ1) is 21.2. The van der Waals surface area contributed by atoms with Crippen LogP contribution in [0.1, 0.15) is 19.8 Å². The van der Waals surface area contributed by atoms with Gasteiger partial charge in [-0.3, -0.25) is 9.69 Å². The number of fused-ring (bicyclic) bond motifs is 1. The Morgan fingerprint density at radius 3 is 2.60 bits per heavy atom. The van der Waals surface area contributed by atoms with Crippen molar-refractivity contribution in [2.45, 2.75) is 24.7 Å². The smallest absolute Gasteiger partial charge is 0.269 e. The lowest BCUT2D eigenvalue weighted by molar-refractivity contribution is -0.122. The van der Waals surface area contributed by atoms with Crippen LogP contribution in [-0.4, -0.2) is 36.7 Å². The SMILES string of the molecule is CCCCN1C(=O)C(=C2Sc3ccc(OC)cc3N2C)SC1=Nc1ccc(Cl)cc1. The molecule has 5 nitrogen and oxygen atoms in total. The molecule has 2 heterocycles. The van der Waals surface area contributed by atoms with Gasteiger partial charge in [0.1, 0.15) is 10.7 Å². The monoisotopic (exact) mass is 459 g/mol. The number of hydrogen-bond acceptors (Lipinski definition) is 6. The molecule has 4 rings (SSSR count). The Hall–Kier alpha value is -2.09. The van der Waals surface area contributed by atoms with Crippen LogP contribution in [0, 0.1) is 0 Å². The molecule has 2 aliphatic rings. The highest BCUT2D eigenvalue weighted by molar-refractivity contribution is 8.19. The summed E-state index contributed by atoms with van der Waals surface area (Å²) in [6.07, 6.45) is 1.93. The van der Waals surface area contributed by atoms with Crippen LogP contribution in [0.2, 0.25) is 5.02 Å². The van der Waals surface area contributed by atoms with E-state index in [0.29, 0.717) is 21.6 Å². The van der Waals surface area contributed by atoms with E-state index in [-0.39, 0.29) is 5.91 Å². The van der Waals surface area contributed by atoms with Crippen molar-refractivity contribution in [3.63, 3.8) is 0 Å². The van der Waals surface area contributed by atoms with E-state index in [9.17, 15) is 4.79 Å². The fourth-order valence-corrected chi connectivity index (χ4v) is 5.69. The quantitative estimate of drug-likeness (QED) is 0.504. The number of carbonyl (C=O) groups is 1. The van der Waals surface area contributed by atoms with Crippen molar-refractivity contribution in [3.8, 4) is 5.75 Å². The van der Waals surface area contributed by atoms with Gasteiger partial charge < -0.3 is 9.64 Å². The number of amidine groups is 1. The maximum absolute atomic E-state index is 13.4. The molecule has 0 N–H and O–H groups in total. The molecule has 2 aromatic carbocycles. The number of thioether (sulfide) groups is 2. The number of benzene rings is 2. The van der Waals surface area contributed by atoms with Gasteiger partial charge in [-0.1, -0.05) is 36.7 Å². The van der Waals surface area contributed by atoms with Crippen LogP contribution in [0.3, 0.4) is 0 Å². The Bertz CT molecular complexity index is 1040. The van der Waals surface area contributed by atoms with Crippen LogP contribution in [0.25, 0.3) is 0 Å². The van der Waals surface area contributed by atoms with Gasteiger partial charge in [0.2, 0.25) is 0 Å². The number of halogens is 1. The van der Waals surface area contributed by atoms with Crippen LogP contribution in [-0.2, 0) is 4.79 Å². The summed E-state index contributed by atoms with van der Waals surface area (Å²) in [7, 11) is 3.64. The van der Waals surface area contributed by atoms with Crippen LogP contribution in [0.4, 0.5) is 11.4 Å².